The molecule has 0 spiro atoms. The van der Waals surface area contributed by atoms with E-state index < -0.39 is 12.0 Å². The number of nitriles is 1. The lowest BCUT2D eigenvalue weighted by Crippen LogP contribution is -2.04. The van der Waals surface area contributed by atoms with Crippen LogP contribution in [-0.2, 0) is 0 Å². The molecule has 19 heavy (non-hydrogen) atoms. The van der Waals surface area contributed by atoms with Gasteiger partial charge in [0.15, 0.2) is 0 Å². The summed E-state index contributed by atoms with van der Waals surface area (Å²) in [7, 11) is 0. The third-order valence-electron chi connectivity index (χ3n) is 2.46. The van der Waals surface area contributed by atoms with Crippen LogP contribution in [0.3, 0.4) is 0 Å². The summed E-state index contributed by atoms with van der Waals surface area (Å²) in [5, 5.41) is 17.5. The van der Waals surface area contributed by atoms with Crippen molar-refractivity contribution in [3.8, 4) is 22.9 Å². The van der Waals surface area contributed by atoms with Gasteiger partial charge in [-0.05, 0) is 35.9 Å². The van der Waals surface area contributed by atoms with Crippen LogP contribution < -0.4 is 4.74 Å². The fourth-order valence-electron chi connectivity index (χ4n) is 1.64. The quantitative estimate of drug-likeness (QED) is 0.661. The average molecular weight is 257 g/mol. The van der Waals surface area contributed by atoms with Crippen LogP contribution in [0, 0.1) is 17.1 Å². The maximum Gasteiger partial charge on any atom is 0.511 e. The normalized spacial score (nSPS) is 9.68. The number of carboxylic acid groups (broad SMARTS) is 1. The predicted octanol–water partition coefficient (Wildman–Crippen LogP) is 3.42. The summed E-state index contributed by atoms with van der Waals surface area (Å²) in [4.78, 5) is 10.6. The lowest BCUT2D eigenvalue weighted by Gasteiger charge is -2.08. The largest absolute Gasteiger partial charge is 0.511 e. The molecule has 0 saturated carbocycles. The van der Waals surface area contributed by atoms with E-state index in [2.05, 4.69) is 4.74 Å². The number of nitrogens with zero attached hydrogens (tertiary/aromatic N) is 1. The standard InChI is InChI=1S/C14H8FNO3/c15-11-4-2-10(3-5-11)12-7-9(8-16)1-6-13(12)19-14(17)18/h1-7H,(H,17,18). The highest BCUT2D eigenvalue weighted by molar-refractivity contribution is 5.75. The van der Waals surface area contributed by atoms with E-state index in [-0.39, 0.29) is 5.75 Å². The zero-order valence-electron chi connectivity index (χ0n) is 9.63. The molecule has 2 aromatic carbocycles. The first-order valence-corrected chi connectivity index (χ1v) is 5.31. The molecule has 0 saturated heterocycles. The molecule has 94 valence electrons. The summed E-state index contributed by atoms with van der Waals surface area (Å²) in [6, 6.07) is 11.8. The minimum atomic E-state index is -1.45. The van der Waals surface area contributed by atoms with Crippen LogP contribution in [-0.4, -0.2) is 11.3 Å². The molecule has 0 fully saturated rings. The van der Waals surface area contributed by atoms with E-state index in [4.69, 9.17) is 10.4 Å². The maximum atomic E-state index is 12.9. The molecule has 0 aliphatic rings. The highest BCUT2D eigenvalue weighted by Crippen LogP contribution is 2.31. The SMILES string of the molecule is N#Cc1ccc(OC(=O)O)c(-c2ccc(F)cc2)c1. The Labute approximate surface area is 108 Å². The van der Waals surface area contributed by atoms with Crippen LogP contribution in [0.4, 0.5) is 9.18 Å². The fourth-order valence-corrected chi connectivity index (χ4v) is 1.64. The Balaban J connectivity index is 2.55. The molecular formula is C14H8FNO3. The summed E-state index contributed by atoms with van der Waals surface area (Å²) in [5.74, 6) is -0.306. The molecule has 0 unspecified atom stereocenters. The second kappa shape index (κ2) is 5.19. The van der Waals surface area contributed by atoms with E-state index in [1.54, 1.807) is 0 Å². The molecule has 0 aliphatic carbocycles. The van der Waals surface area contributed by atoms with Crippen molar-refractivity contribution >= 4 is 6.16 Å². The van der Waals surface area contributed by atoms with E-state index >= 15 is 0 Å². The number of ether oxygens (including phenoxy) is 1. The lowest BCUT2D eigenvalue weighted by atomic mass is 10.0. The zero-order valence-corrected chi connectivity index (χ0v) is 9.63. The van der Waals surface area contributed by atoms with Gasteiger partial charge in [0, 0.05) is 5.56 Å². The Morgan fingerprint density at radius 1 is 1.21 bits per heavy atom. The maximum absolute atomic E-state index is 12.9. The van der Waals surface area contributed by atoms with E-state index in [0.29, 0.717) is 16.7 Å². The molecule has 0 aliphatic heterocycles. The highest BCUT2D eigenvalue weighted by atomic mass is 19.1. The van der Waals surface area contributed by atoms with Crippen molar-refractivity contribution < 1.29 is 19.0 Å². The summed E-state index contributed by atoms with van der Waals surface area (Å²) in [6.07, 6.45) is -1.45. The van der Waals surface area contributed by atoms with Gasteiger partial charge < -0.3 is 9.84 Å². The Kier molecular flexibility index (Phi) is 3.44. The van der Waals surface area contributed by atoms with Gasteiger partial charge in [-0.2, -0.15) is 5.26 Å². The smallest absolute Gasteiger partial charge is 0.449 e. The van der Waals surface area contributed by atoms with Crippen LogP contribution in [0.5, 0.6) is 5.75 Å². The number of rotatable bonds is 2. The average Bonchev–Trinajstić information content (AvgIpc) is 2.40. The molecule has 5 heteroatoms. The Bertz CT molecular complexity index is 659. The van der Waals surface area contributed by atoms with Crippen molar-refractivity contribution in [3.63, 3.8) is 0 Å². The predicted molar refractivity (Wildman–Crippen MR) is 65.2 cm³/mol. The first kappa shape index (κ1) is 12.6. The van der Waals surface area contributed by atoms with E-state index in [9.17, 15) is 9.18 Å². The van der Waals surface area contributed by atoms with Crippen molar-refractivity contribution in [2.45, 2.75) is 0 Å². The van der Waals surface area contributed by atoms with Gasteiger partial charge in [0.2, 0.25) is 0 Å². The molecule has 2 aromatic rings. The van der Waals surface area contributed by atoms with E-state index in [1.807, 2.05) is 6.07 Å². The van der Waals surface area contributed by atoms with Crippen molar-refractivity contribution in [1.29, 1.82) is 5.26 Å². The van der Waals surface area contributed by atoms with Crippen molar-refractivity contribution in [2.75, 3.05) is 0 Å². The van der Waals surface area contributed by atoms with Gasteiger partial charge in [0.1, 0.15) is 11.6 Å². The van der Waals surface area contributed by atoms with Crippen LogP contribution in [0.25, 0.3) is 11.1 Å². The van der Waals surface area contributed by atoms with E-state index in [1.165, 1.54) is 42.5 Å². The summed E-state index contributed by atoms with van der Waals surface area (Å²) in [6.45, 7) is 0. The van der Waals surface area contributed by atoms with Gasteiger partial charge >= 0.3 is 6.16 Å². The van der Waals surface area contributed by atoms with Gasteiger partial charge in [-0.1, -0.05) is 12.1 Å². The molecule has 0 bridgehead atoms. The first-order valence-electron chi connectivity index (χ1n) is 5.31. The Hall–Kier alpha value is -2.87. The third kappa shape index (κ3) is 2.87. The lowest BCUT2D eigenvalue weighted by molar-refractivity contribution is 0.144. The molecular weight excluding hydrogens is 249 g/mol. The second-order valence-electron chi connectivity index (χ2n) is 3.70. The summed E-state index contributed by atoms with van der Waals surface area (Å²) in [5.41, 5.74) is 1.34. The zero-order chi connectivity index (χ0) is 13.8. The van der Waals surface area contributed by atoms with Gasteiger partial charge in [-0.25, -0.2) is 9.18 Å². The fraction of sp³-hybridized carbons (Fsp3) is 0. The van der Waals surface area contributed by atoms with Gasteiger partial charge in [0.05, 0.1) is 11.6 Å². The minimum absolute atomic E-state index is 0.0955. The number of hydrogen-bond donors (Lipinski definition) is 1. The number of benzene rings is 2. The van der Waals surface area contributed by atoms with E-state index in [0.717, 1.165) is 0 Å². The highest BCUT2D eigenvalue weighted by Gasteiger charge is 2.11. The first-order chi connectivity index (χ1) is 9.10. The van der Waals surface area contributed by atoms with Crippen molar-refractivity contribution in [1.82, 2.24) is 0 Å². The van der Waals surface area contributed by atoms with Crippen LogP contribution in [0.1, 0.15) is 5.56 Å². The topological polar surface area (TPSA) is 70.3 Å². The third-order valence-corrected chi connectivity index (χ3v) is 2.46. The van der Waals surface area contributed by atoms with Gasteiger partial charge in [-0.15, -0.1) is 0 Å². The number of hydrogen-bond acceptors (Lipinski definition) is 3. The van der Waals surface area contributed by atoms with Crippen molar-refractivity contribution in [3.05, 3.63) is 53.8 Å². The molecule has 4 nitrogen and oxygen atoms in total. The summed E-state index contributed by atoms with van der Waals surface area (Å²) >= 11 is 0. The Morgan fingerprint density at radius 2 is 1.89 bits per heavy atom. The number of carbonyl (C=O) groups is 1. The van der Waals surface area contributed by atoms with Gasteiger partial charge in [0.25, 0.3) is 0 Å². The van der Waals surface area contributed by atoms with Crippen molar-refractivity contribution in [2.24, 2.45) is 0 Å². The van der Waals surface area contributed by atoms with Crippen LogP contribution in [0.15, 0.2) is 42.5 Å². The molecule has 0 atom stereocenters. The molecule has 1 N–H and O–H groups in total. The second-order valence-corrected chi connectivity index (χ2v) is 3.70. The Morgan fingerprint density at radius 3 is 2.47 bits per heavy atom. The molecule has 0 amide bonds. The summed E-state index contributed by atoms with van der Waals surface area (Å²) < 4.78 is 17.5. The van der Waals surface area contributed by atoms with Crippen LogP contribution in [0.2, 0.25) is 0 Å². The van der Waals surface area contributed by atoms with Crippen LogP contribution >= 0.6 is 0 Å². The van der Waals surface area contributed by atoms with Gasteiger partial charge in [-0.3, -0.25) is 0 Å². The molecule has 0 heterocycles. The minimum Gasteiger partial charge on any atom is -0.449 e. The monoisotopic (exact) mass is 257 g/mol. The number of halogens is 1. The molecule has 0 aromatic heterocycles. The molecule has 2 rings (SSSR count). The molecule has 0 radical (unpaired) electrons.